The summed E-state index contributed by atoms with van der Waals surface area (Å²) in [7, 11) is 0. The number of hydrogen-bond donors (Lipinski definition) is 2. The second-order valence-corrected chi connectivity index (χ2v) is 5.59. The van der Waals surface area contributed by atoms with Gasteiger partial charge in [-0.1, -0.05) is 20.3 Å². The molecule has 1 amide bonds. The van der Waals surface area contributed by atoms with Gasteiger partial charge < -0.3 is 10.4 Å². The number of fused-ring (bicyclic) bond motifs is 1. The maximum absolute atomic E-state index is 12.1. The number of pyridine rings is 1. The molecule has 0 aromatic carbocycles. The molecule has 0 aliphatic rings. The standard InChI is InChI=1S/C15H18N4O5/c1-3-9(2)14(15(21)22)17-13(20)6-10-7-18-8-11(19(23)24)4-5-12(18)16-10/h4-5,7-9,14H,3,6H2,1-2H3,(H,17,20)(H,21,22). The Balaban J connectivity index is 2.12. The van der Waals surface area contributed by atoms with E-state index in [0.29, 0.717) is 17.8 Å². The fraction of sp³-hybridized carbons (Fsp3) is 0.400. The lowest BCUT2D eigenvalue weighted by Gasteiger charge is -2.19. The normalized spacial score (nSPS) is 13.4. The van der Waals surface area contributed by atoms with E-state index in [2.05, 4.69) is 10.3 Å². The predicted octanol–water partition coefficient (Wildman–Crippen LogP) is 1.40. The van der Waals surface area contributed by atoms with Gasteiger partial charge in [-0.3, -0.25) is 19.3 Å². The van der Waals surface area contributed by atoms with Crippen molar-refractivity contribution in [2.75, 3.05) is 0 Å². The van der Waals surface area contributed by atoms with Gasteiger partial charge in [-0.15, -0.1) is 0 Å². The molecule has 9 nitrogen and oxygen atoms in total. The molecular formula is C15H18N4O5. The number of rotatable bonds is 7. The largest absolute Gasteiger partial charge is 0.480 e. The number of hydrogen-bond acceptors (Lipinski definition) is 5. The fourth-order valence-corrected chi connectivity index (χ4v) is 2.30. The van der Waals surface area contributed by atoms with Crippen molar-refractivity contribution in [2.24, 2.45) is 5.92 Å². The molecule has 0 aliphatic carbocycles. The number of carbonyl (C=O) groups excluding carboxylic acids is 1. The van der Waals surface area contributed by atoms with E-state index in [4.69, 9.17) is 0 Å². The first kappa shape index (κ1) is 17.4. The maximum atomic E-state index is 12.1. The first-order chi connectivity index (χ1) is 11.3. The zero-order valence-corrected chi connectivity index (χ0v) is 13.3. The quantitative estimate of drug-likeness (QED) is 0.582. The number of imidazole rings is 1. The van der Waals surface area contributed by atoms with Crippen LogP contribution in [0.3, 0.4) is 0 Å². The highest BCUT2D eigenvalue weighted by atomic mass is 16.6. The van der Waals surface area contributed by atoms with Gasteiger partial charge in [0.1, 0.15) is 11.7 Å². The molecule has 2 aromatic heterocycles. The van der Waals surface area contributed by atoms with Crippen molar-refractivity contribution < 1.29 is 19.6 Å². The summed E-state index contributed by atoms with van der Waals surface area (Å²) < 4.78 is 1.46. The number of carbonyl (C=O) groups is 2. The Bertz CT molecular complexity index is 785. The molecule has 128 valence electrons. The molecule has 2 unspecified atom stereocenters. The molecule has 24 heavy (non-hydrogen) atoms. The zero-order valence-electron chi connectivity index (χ0n) is 13.3. The lowest BCUT2D eigenvalue weighted by atomic mass is 9.99. The Labute approximate surface area is 137 Å². The third-order valence-electron chi connectivity index (χ3n) is 3.83. The van der Waals surface area contributed by atoms with Crippen LogP contribution >= 0.6 is 0 Å². The van der Waals surface area contributed by atoms with E-state index in [1.807, 2.05) is 6.92 Å². The van der Waals surface area contributed by atoms with Crippen LogP contribution in [0.2, 0.25) is 0 Å². The van der Waals surface area contributed by atoms with Gasteiger partial charge in [-0.25, -0.2) is 9.78 Å². The van der Waals surface area contributed by atoms with Crippen LogP contribution in [0.4, 0.5) is 5.69 Å². The van der Waals surface area contributed by atoms with E-state index < -0.39 is 22.8 Å². The summed E-state index contributed by atoms with van der Waals surface area (Å²) in [6.45, 7) is 3.60. The topological polar surface area (TPSA) is 127 Å². The van der Waals surface area contributed by atoms with Crippen LogP contribution in [0.5, 0.6) is 0 Å². The van der Waals surface area contributed by atoms with Crippen molar-refractivity contribution in [3.05, 3.63) is 40.3 Å². The van der Waals surface area contributed by atoms with Crippen molar-refractivity contribution in [1.29, 1.82) is 0 Å². The van der Waals surface area contributed by atoms with Gasteiger partial charge >= 0.3 is 5.97 Å². The molecule has 2 rings (SSSR count). The smallest absolute Gasteiger partial charge is 0.326 e. The zero-order chi connectivity index (χ0) is 17.9. The maximum Gasteiger partial charge on any atom is 0.326 e. The summed E-state index contributed by atoms with van der Waals surface area (Å²) in [5.74, 6) is -1.74. The van der Waals surface area contributed by atoms with Crippen LogP contribution in [0, 0.1) is 16.0 Å². The second-order valence-electron chi connectivity index (χ2n) is 5.59. The SMILES string of the molecule is CCC(C)C(NC(=O)Cc1cn2cc([N+](=O)[O-])ccc2n1)C(=O)O. The Morgan fingerprint density at radius 3 is 2.71 bits per heavy atom. The molecule has 0 saturated carbocycles. The van der Waals surface area contributed by atoms with Gasteiger partial charge in [0.25, 0.3) is 5.69 Å². The molecule has 0 aliphatic heterocycles. The van der Waals surface area contributed by atoms with Crippen LogP contribution in [0.25, 0.3) is 5.65 Å². The van der Waals surface area contributed by atoms with Gasteiger partial charge in [0, 0.05) is 12.3 Å². The molecule has 2 atom stereocenters. The Kier molecular flexibility index (Phi) is 5.12. The molecule has 9 heteroatoms. The second kappa shape index (κ2) is 7.07. The van der Waals surface area contributed by atoms with Crippen molar-refractivity contribution in [3.63, 3.8) is 0 Å². The van der Waals surface area contributed by atoms with E-state index in [0.717, 1.165) is 0 Å². The Morgan fingerprint density at radius 2 is 2.12 bits per heavy atom. The number of nitro groups is 1. The van der Waals surface area contributed by atoms with Crippen molar-refractivity contribution in [2.45, 2.75) is 32.7 Å². The highest BCUT2D eigenvalue weighted by Gasteiger charge is 2.25. The van der Waals surface area contributed by atoms with E-state index in [1.165, 1.54) is 28.9 Å². The number of nitrogens with zero attached hydrogens (tertiary/aromatic N) is 3. The summed E-state index contributed by atoms with van der Waals surface area (Å²) in [5.41, 5.74) is 0.792. The number of carboxylic acid groups (broad SMARTS) is 1. The average Bonchev–Trinajstić information content (AvgIpc) is 2.92. The fourth-order valence-electron chi connectivity index (χ4n) is 2.30. The molecule has 0 radical (unpaired) electrons. The van der Waals surface area contributed by atoms with Crippen LogP contribution in [-0.2, 0) is 16.0 Å². The minimum absolute atomic E-state index is 0.0846. The van der Waals surface area contributed by atoms with Gasteiger partial charge in [0.15, 0.2) is 0 Å². The Hall–Kier alpha value is -2.97. The van der Waals surface area contributed by atoms with Crippen LogP contribution in [0.1, 0.15) is 26.0 Å². The molecular weight excluding hydrogens is 316 g/mol. The summed E-state index contributed by atoms with van der Waals surface area (Å²) in [4.78, 5) is 37.7. The summed E-state index contributed by atoms with van der Waals surface area (Å²) in [5, 5.41) is 22.4. The molecule has 2 heterocycles. The van der Waals surface area contributed by atoms with Gasteiger partial charge in [0.05, 0.1) is 23.2 Å². The first-order valence-corrected chi connectivity index (χ1v) is 7.46. The number of aromatic nitrogens is 2. The van der Waals surface area contributed by atoms with Crippen molar-refractivity contribution in [3.8, 4) is 0 Å². The summed E-state index contributed by atoms with van der Waals surface area (Å²) in [6.07, 6.45) is 3.34. The lowest BCUT2D eigenvalue weighted by molar-refractivity contribution is -0.385. The van der Waals surface area contributed by atoms with Crippen LogP contribution in [0.15, 0.2) is 24.5 Å². The molecule has 0 bridgehead atoms. The van der Waals surface area contributed by atoms with Crippen molar-refractivity contribution in [1.82, 2.24) is 14.7 Å². The van der Waals surface area contributed by atoms with E-state index in [-0.39, 0.29) is 18.0 Å². The summed E-state index contributed by atoms with van der Waals surface area (Å²) in [6, 6.07) is 1.86. The minimum Gasteiger partial charge on any atom is -0.480 e. The average molecular weight is 334 g/mol. The number of aliphatic carboxylic acids is 1. The minimum atomic E-state index is -1.08. The van der Waals surface area contributed by atoms with Crippen LogP contribution in [-0.4, -0.2) is 37.3 Å². The van der Waals surface area contributed by atoms with Gasteiger partial charge in [-0.2, -0.15) is 0 Å². The van der Waals surface area contributed by atoms with E-state index in [9.17, 15) is 24.8 Å². The monoisotopic (exact) mass is 334 g/mol. The van der Waals surface area contributed by atoms with Crippen molar-refractivity contribution >= 4 is 23.2 Å². The highest BCUT2D eigenvalue weighted by molar-refractivity contribution is 5.84. The first-order valence-electron chi connectivity index (χ1n) is 7.46. The van der Waals surface area contributed by atoms with Gasteiger partial charge in [0.2, 0.25) is 5.91 Å². The molecule has 2 N–H and O–H groups in total. The number of nitrogens with one attached hydrogen (secondary N) is 1. The summed E-state index contributed by atoms with van der Waals surface area (Å²) >= 11 is 0. The molecule has 0 saturated heterocycles. The predicted molar refractivity (Wildman–Crippen MR) is 84.6 cm³/mol. The molecule has 2 aromatic rings. The van der Waals surface area contributed by atoms with Crippen LogP contribution < -0.4 is 5.32 Å². The van der Waals surface area contributed by atoms with E-state index in [1.54, 1.807) is 6.92 Å². The Morgan fingerprint density at radius 1 is 1.42 bits per heavy atom. The number of amides is 1. The van der Waals surface area contributed by atoms with E-state index >= 15 is 0 Å². The molecule has 0 fully saturated rings. The lowest BCUT2D eigenvalue weighted by Crippen LogP contribution is -2.45. The molecule has 0 spiro atoms. The van der Waals surface area contributed by atoms with Gasteiger partial charge in [-0.05, 0) is 12.0 Å². The number of carboxylic acids is 1. The third-order valence-corrected chi connectivity index (χ3v) is 3.83. The highest BCUT2D eigenvalue weighted by Crippen LogP contribution is 2.14. The third kappa shape index (κ3) is 3.86.